The van der Waals surface area contributed by atoms with Crippen LogP contribution in [0, 0.1) is 0 Å². The van der Waals surface area contributed by atoms with E-state index in [1.807, 2.05) is 6.92 Å². The number of fused-ring (bicyclic) bond motifs is 1. The average Bonchev–Trinajstić information content (AvgIpc) is 3.00. The SMILES string of the molecule is CCC[CH2][Sn]([CH2]CCC)([CH2]CCC)[c]1ccc2c(c1)sc(=O)n2COCC. The van der Waals surface area contributed by atoms with Crippen molar-refractivity contribution in [3.05, 3.63) is 27.9 Å². The summed E-state index contributed by atoms with van der Waals surface area (Å²) in [6, 6.07) is 6.99. The number of aromatic nitrogens is 1. The number of thiazole rings is 1. The van der Waals surface area contributed by atoms with E-state index in [1.54, 1.807) is 8.15 Å². The van der Waals surface area contributed by atoms with Crippen LogP contribution >= 0.6 is 11.3 Å². The van der Waals surface area contributed by atoms with Crippen LogP contribution in [0.5, 0.6) is 0 Å². The third-order valence-electron chi connectivity index (χ3n) is 5.73. The Morgan fingerprint density at radius 2 is 1.56 bits per heavy atom. The van der Waals surface area contributed by atoms with Gasteiger partial charge < -0.3 is 0 Å². The number of rotatable bonds is 13. The van der Waals surface area contributed by atoms with Crippen molar-refractivity contribution in [2.45, 2.75) is 86.3 Å². The summed E-state index contributed by atoms with van der Waals surface area (Å²) in [6.07, 6.45) is 7.96. The van der Waals surface area contributed by atoms with Gasteiger partial charge in [0.05, 0.1) is 0 Å². The fraction of sp³-hybridized carbons (Fsp3) is 0.682. The van der Waals surface area contributed by atoms with Crippen LogP contribution in [0.15, 0.2) is 23.0 Å². The van der Waals surface area contributed by atoms with Crippen molar-refractivity contribution >= 4 is 43.5 Å². The number of nitrogens with zero attached hydrogens (tertiary/aromatic N) is 1. The normalized spacial score (nSPS) is 12.1. The van der Waals surface area contributed by atoms with Crippen molar-refractivity contribution in [1.82, 2.24) is 4.57 Å². The summed E-state index contributed by atoms with van der Waals surface area (Å²) < 4.78 is 14.5. The van der Waals surface area contributed by atoms with Crippen molar-refractivity contribution in [3.63, 3.8) is 0 Å². The molecule has 3 nitrogen and oxygen atoms in total. The average molecular weight is 498 g/mol. The summed E-state index contributed by atoms with van der Waals surface area (Å²) in [5, 5.41) is 0. The second kappa shape index (κ2) is 11.6. The van der Waals surface area contributed by atoms with Gasteiger partial charge in [-0.05, 0) is 0 Å². The second-order valence-corrected chi connectivity index (χ2v) is 21.9. The van der Waals surface area contributed by atoms with Gasteiger partial charge in [0.15, 0.2) is 0 Å². The minimum absolute atomic E-state index is 0.104. The third kappa shape index (κ3) is 5.83. The second-order valence-electron chi connectivity index (χ2n) is 7.69. The standard InChI is InChI=1S/C10H10NO2S.3C4H9.Sn/c1-2-13-7-11-8-5-3-4-6-9(8)14-10(11)12;3*1-3-4-2;/h3,5-6H,2,7H2,1H3;3*1,3-4H2,2H3;. The maximum atomic E-state index is 12.4. The van der Waals surface area contributed by atoms with Crippen LogP contribution < -0.4 is 8.45 Å². The zero-order valence-corrected chi connectivity index (χ0v) is 21.4. The molecule has 0 amide bonds. The van der Waals surface area contributed by atoms with E-state index in [9.17, 15) is 4.79 Å². The van der Waals surface area contributed by atoms with E-state index < -0.39 is 18.4 Å². The van der Waals surface area contributed by atoms with Gasteiger partial charge in [-0.15, -0.1) is 0 Å². The van der Waals surface area contributed by atoms with Crippen molar-refractivity contribution in [3.8, 4) is 0 Å². The van der Waals surface area contributed by atoms with Crippen molar-refractivity contribution < 1.29 is 4.74 Å². The number of unbranched alkanes of at least 4 members (excludes halogenated alkanes) is 3. The molecule has 0 bridgehead atoms. The number of hydrogen-bond donors (Lipinski definition) is 0. The zero-order chi connectivity index (χ0) is 19.7. The molecule has 0 atom stereocenters. The minimum atomic E-state index is -2.43. The molecule has 0 N–H and O–H groups in total. The van der Waals surface area contributed by atoms with Gasteiger partial charge in [0.1, 0.15) is 0 Å². The van der Waals surface area contributed by atoms with Crippen LogP contribution in [0.25, 0.3) is 10.2 Å². The monoisotopic (exact) mass is 499 g/mol. The molecule has 1 heterocycles. The Balaban J connectivity index is 2.46. The van der Waals surface area contributed by atoms with E-state index in [2.05, 4.69) is 39.0 Å². The maximum absolute atomic E-state index is 12.4. The Bertz CT molecular complexity index is 731. The molecule has 0 aliphatic carbocycles. The molecule has 1 aromatic carbocycles. The molecule has 152 valence electrons. The van der Waals surface area contributed by atoms with Gasteiger partial charge in [-0.25, -0.2) is 0 Å². The molecular weight excluding hydrogens is 461 g/mol. The Kier molecular flexibility index (Phi) is 9.88. The van der Waals surface area contributed by atoms with Gasteiger partial charge in [-0.2, -0.15) is 0 Å². The van der Waals surface area contributed by atoms with Crippen LogP contribution in [0.4, 0.5) is 0 Å². The number of hydrogen-bond acceptors (Lipinski definition) is 3. The third-order valence-corrected chi connectivity index (χ3v) is 22.3. The van der Waals surface area contributed by atoms with E-state index in [1.165, 1.54) is 63.2 Å². The predicted molar refractivity (Wildman–Crippen MR) is 122 cm³/mol. The van der Waals surface area contributed by atoms with Crippen LogP contribution in [-0.4, -0.2) is 29.6 Å². The summed E-state index contributed by atoms with van der Waals surface area (Å²) in [6.45, 7) is 9.92. The molecule has 1 aromatic heterocycles. The van der Waals surface area contributed by atoms with Crippen LogP contribution in [0.3, 0.4) is 0 Å². The fourth-order valence-electron chi connectivity index (χ4n) is 4.05. The molecule has 0 aliphatic heterocycles. The summed E-state index contributed by atoms with van der Waals surface area (Å²) in [5.41, 5.74) is 1.05. The molecule has 2 rings (SSSR count). The first-order valence-electron chi connectivity index (χ1n) is 10.8. The molecule has 0 aliphatic rings. The summed E-state index contributed by atoms with van der Waals surface area (Å²) >= 11 is -1.04. The van der Waals surface area contributed by atoms with Gasteiger partial charge in [-0.1, -0.05) is 0 Å². The van der Waals surface area contributed by atoms with E-state index in [-0.39, 0.29) is 4.87 Å². The Labute approximate surface area is 173 Å². The topological polar surface area (TPSA) is 31.2 Å². The predicted octanol–water partition coefficient (Wildman–Crippen LogP) is 6.11. The molecule has 0 fully saturated rings. The molecule has 5 heteroatoms. The van der Waals surface area contributed by atoms with Crippen LogP contribution in [0.2, 0.25) is 13.3 Å². The number of benzene rings is 1. The van der Waals surface area contributed by atoms with Gasteiger partial charge in [0.2, 0.25) is 0 Å². The van der Waals surface area contributed by atoms with E-state index >= 15 is 0 Å². The number of ether oxygens (including phenoxy) is 1. The summed E-state index contributed by atoms with van der Waals surface area (Å²) in [4.78, 5) is 12.5. The Hall–Kier alpha value is -0.331. The quantitative estimate of drug-likeness (QED) is 0.312. The van der Waals surface area contributed by atoms with Gasteiger partial charge in [0, 0.05) is 0 Å². The van der Waals surface area contributed by atoms with Gasteiger partial charge >= 0.3 is 174 Å². The first-order valence-corrected chi connectivity index (χ1v) is 19.1. The Morgan fingerprint density at radius 3 is 2.07 bits per heavy atom. The summed E-state index contributed by atoms with van der Waals surface area (Å²) in [7, 11) is 0. The van der Waals surface area contributed by atoms with Gasteiger partial charge in [0.25, 0.3) is 0 Å². The molecular formula is C22H37NO2SSn. The molecule has 2 aromatic rings. The molecule has 0 saturated heterocycles. The fourth-order valence-corrected chi connectivity index (χ4v) is 21.2. The zero-order valence-electron chi connectivity index (χ0n) is 17.7. The molecule has 0 unspecified atom stereocenters. The van der Waals surface area contributed by atoms with Crippen molar-refractivity contribution in [2.24, 2.45) is 0 Å². The molecule has 0 radical (unpaired) electrons. The van der Waals surface area contributed by atoms with E-state index in [0.717, 1.165) is 10.2 Å². The van der Waals surface area contributed by atoms with E-state index in [4.69, 9.17) is 4.74 Å². The first-order chi connectivity index (χ1) is 13.1. The van der Waals surface area contributed by atoms with Crippen LogP contribution in [0.1, 0.15) is 66.2 Å². The summed E-state index contributed by atoms with van der Waals surface area (Å²) in [5.74, 6) is 0. The Morgan fingerprint density at radius 1 is 0.963 bits per heavy atom. The van der Waals surface area contributed by atoms with E-state index in [0.29, 0.717) is 13.3 Å². The van der Waals surface area contributed by atoms with Gasteiger partial charge in [-0.3, -0.25) is 0 Å². The van der Waals surface area contributed by atoms with Crippen LogP contribution in [-0.2, 0) is 11.5 Å². The van der Waals surface area contributed by atoms with Crippen molar-refractivity contribution in [1.29, 1.82) is 0 Å². The molecule has 27 heavy (non-hydrogen) atoms. The van der Waals surface area contributed by atoms with Crippen molar-refractivity contribution in [2.75, 3.05) is 6.61 Å². The molecule has 0 saturated carbocycles. The molecule has 0 spiro atoms. The first kappa shape index (κ1) is 23.0.